The molecule has 1 heterocycles. The first-order chi connectivity index (χ1) is 11.0. The molecule has 0 aliphatic carbocycles. The van der Waals surface area contributed by atoms with E-state index >= 15 is 0 Å². The molecule has 1 aliphatic rings. The van der Waals surface area contributed by atoms with Gasteiger partial charge in [0.15, 0.2) is 0 Å². The molecule has 0 saturated carbocycles. The molecule has 0 spiro atoms. The fraction of sp³-hybridized carbons (Fsp3) is 0.500. The maximum absolute atomic E-state index is 11.8. The number of hydrogen-bond donors (Lipinski definition) is 3. The Bertz CT molecular complexity index is 552. The Morgan fingerprint density at radius 1 is 1.26 bits per heavy atom. The van der Waals surface area contributed by atoms with Gasteiger partial charge in [0.2, 0.25) is 0 Å². The standard InChI is InChI=1S/C16H22N2O5/c1-2-16(9-22-10-16)11-23-15(21)18-8-13-5-3-4-12(6-13)7-17-14(19)20/h3-6,17H,2,7-11H2,1H3,(H,18,21)(H,19,20). The van der Waals surface area contributed by atoms with Crippen molar-refractivity contribution in [3.8, 4) is 0 Å². The van der Waals surface area contributed by atoms with E-state index in [-0.39, 0.29) is 12.0 Å². The normalized spacial score (nSPS) is 15.3. The summed E-state index contributed by atoms with van der Waals surface area (Å²) in [6.07, 6.45) is -0.612. The number of carbonyl (C=O) groups is 2. The molecule has 126 valence electrons. The van der Waals surface area contributed by atoms with E-state index in [9.17, 15) is 9.59 Å². The summed E-state index contributed by atoms with van der Waals surface area (Å²) >= 11 is 0. The van der Waals surface area contributed by atoms with Crippen molar-refractivity contribution in [3.63, 3.8) is 0 Å². The molecule has 7 heteroatoms. The minimum atomic E-state index is -1.07. The maximum Gasteiger partial charge on any atom is 0.407 e. The predicted molar refractivity (Wildman–Crippen MR) is 83.0 cm³/mol. The Balaban J connectivity index is 1.75. The van der Waals surface area contributed by atoms with Gasteiger partial charge in [-0.2, -0.15) is 0 Å². The lowest BCUT2D eigenvalue weighted by molar-refractivity contribution is -0.138. The second-order valence-corrected chi connectivity index (χ2v) is 5.75. The van der Waals surface area contributed by atoms with Crippen molar-refractivity contribution in [1.82, 2.24) is 10.6 Å². The number of rotatable bonds is 7. The van der Waals surface area contributed by atoms with Crippen molar-refractivity contribution in [3.05, 3.63) is 35.4 Å². The van der Waals surface area contributed by atoms with E-state index in [1.807, 2.05) is 24.3 Å². The van der Waals surface area contributed by atoms with Crippen LogP contribution in [0.5, 0.6) is 0 Å². The molecule has 0 atom stereocenters. The van der Waals surface area contributed by atoms with Crippen LogP contribution in [-0.4, -0.2) is 37.1 Å². The first-order valence-electron chi connectivity index (χ1n) is 7.56. The van der Waals surface area contributed by atoms with E-state index < -0.39 is 12.2 Å². The average molecular weight is 322 g/mol. The largest absolute Gasteiger partial charge is 0.465 e. The van der Waals surface area contributed by atoms with Gasteiger partial charge in [-0.1, -0.05) is 31.2 Å². The van der Waals surface area contributed by atoms with Gasteiger partial charge >= 0.3 is 12.2 Å². The Morgan fingerprint density at radius 3 is 2.43 bits per heavy atom. The summed E-state index contributed by atoms with van der Waals surface area (Å²) in [6, 6.07) is 7.33. The molecule has 2 amide bonds. The second kappa shape index (κ2) is 7.82. The van der Waals surface area contributed by atoms with Crippen LogP contribution in [0.15, 0.2) is 24.3 Å². The first-order valence-corrected chi connectivity index (χ1v) is 7.56. The number of benzene rings is 1. The summed E-state index contributed by atoms with van der Waals surface area (Å²) in [4.78, 5) is 22.2. The average Bonchev–Trinajstić information content (AvgIpc) is 2.51. The molecule has 3 N–H and O–H groups in total. The highest BCUT2D eigenvalue weighted by molar-refractivity contribution is 5.67. The number of nitrogens with one attached hydrogen (secondary N) is 2. The van der Waals surface area contributed by atoms with Gasteiger partial charge in [-0.15, -0.1) is 0 Å². The summed E-state index contributed by atoms with van der Waals surface area (Å²) in [5.74, 6) is 0. The van der Waals surface area contributed by atoms with E-state index in [2.05, 4.69) is 17.6 Å². The summed E-state index contributed by atoms with van der Waals surface area (Å²) in [6.45, 7) is 4.24. The molecule has 0 aromatic heterocycles. The third kappa shape index (κ3) is 5.14. The lowest BCUT2D eigenvalue weighted by Gasteiger charge is -2.39. The van der Waals surface area contributed by atoms with Gasteiger partial charge in [-0.25, -0.2) is 9.59 Å². The molecule has 1 aromatic rings. The number of alkyl carbamates (subject to hydrolysis) is 1. The SMILES string of the molecule is CCC1(COC(=O)NCc2cccc(CNC(=O)O)c2)COC1. The molecular weight excluding hydrogens is 300 g/mol. The predicted octanol–water partition coefficient (Wildman–Crippen LogP) is 2.11. The summed E-state index contributed by atoms with van der Waals surface area (Å²) in [5, 5.41) is 13.6. The topological polar surface area (TPSA) is 96.9 Å². The van der Waals surface area contributed by atoms with Crippen LogP contribution in [0.1, 0.15) is 24.5 Å². The van der Waals surface area contributed by atoms with Gasteiger partial charge in [0.1, 0.15) is 6.61 Å². The molecule has 1 saturated heterocycles. The van der Waals surface area contributed by atoms with E-state index in [1.54, 1.807) is 0 Å². The fourth-order valence-electron chi connectivity index (χ4n) is 2.25. The van der Waals surface area contributed by atoms with Gasteiger partial charge in [-0.05, 0) is 17.5 Å². The van der Waals surface area contributed by atoms with Crippen LogP contribution in [0.3, 0.4) is 0 Å². The van der Waals surface area contributed by atoms with Crippen LogP contribution in [0.4, 0.5) is 9.59 Å². The number of ether oxygens (including phenoxy) is 2. The van der Waals surface area contributed by atoms with E-state index in [0.717, 1.165) is 17.5 Å². The minimum Gasteiger partial charge on any atom is -0.465 e. The van der Waals surface area contributed by atoms with Gasteiger partial charge in [0.05, 0.1) is 18.6 Å². The van der Waals surface area contributed by atoms with Crippen LogP contribution >= 0.6 is 0 Å². The third-order valence-corrected chi connectivity index (χ3v) is 3.95. The van der Waals surface area contributed by atoms with Crippen LogP contribution in [0.2, 0.25) is 0 Å². The highest BCUT2D eigenvalue weighted by atomic mass is 16.6. The summed E-state index contributed by atoms with van der Waals surface area (Å²) < 4.78 is 10.4. The fourth-order valence-corrected chi connectivity index (χ4v) is 2.25. The van der Waals surface area contributed by atoms with Crippen molar-refractivity contribution in [2.45, 2.75) is 26.4 Å². The van der Waals surface area contributed by atoms with E-state index in [4.69, 9.17) is 14.6 Å². The van der Waals surface area contributed by atoms with Crippen molar-refractivity contribution < 1.29 is 24.2 Å². The Hall–Kier alpha value is -2.28. The minimum absolute atomic E-state index is 0.0280. The number of carboxylic acid groups (broad SMARTS) is 1. The monoisotopic (exact) mass is 322 g/mol. The summed E-state index contributed by atoms with van der Waals surface area (Å²) in [7, 11) is 0. The summed E-state index contributed by atoms with van der Waals surface area (Å²) in [5.41, 5.74) is 1.68. The first kappa shape index (κ1) is 17.1. The van der Waals surface area contributed by atoms with Gasteiger partial charge in [0, 0.05) is 13.1 Å². The zero-order chi connectivity index (χ0) is 16.7. The van der Waals surface area contributed by atoms with Crippen molar-refractivity contribution >= 4 is 12.2 Å². The van der Waals surface area contributed by atoms with E-state index in [1.165, 1.54) is 0 Å². The molecule has 0 bridgehead atoms. The number of carbonyl (C=O) groups excluding carboxylic acids is 1. The smallest absolute Gasteiger partial charge is 0.407 e. The molecule has 1 aliphatic heterocycles. The van der Waals surface area contributed by atoms with E-state index in [0.29, 0.717) is 26.4 Å². The van der Waals surface area contributed by atoms with Crippen LogP contribution in [-0.2, 0) is 22.6 Å². The van der Waals surface area contributed by atoms with Crippen molar-refractivity contribution in [1.29, 1.82) is 0 Å². The third-order valence-electron chi connectivity index (χ3n) is 3.95. The zero-order valence-corrected chi connectivity index (χ0v) is 13.1. The maximum atomic E-state index is 11.8. The number of amides is 2. The quantitative estimate of drug-likeness (QED) is 0.714. The van der Waals surface area contributed by atoms with Gasteiger partial charge < -0.3 is 25.2 Å². The Kier molecular flexibility index (Phi) is 5.81. The van der Waals surface area contributed by atoms with Gasteiger partial charge in [-0.3, -0.25) is 0 Å². The van der Waals surface area contributed by atoms with Crippen molar-refractivity contribution in [2.75, 3.05) is 19.8 Å². The molecule has 0 radical (unpaired) electrons. The highest BCUT2D eigenvalue weighted by Gasteiger charge is 2.38. The van der Waals surface area contributed by atoms with Gasteiger partial charge in [0.25, 0.3) is 0 Å². The van der Waals surface area contributed by atoms with Crippen molar-refractivity contribution in [2.24, 2.45) is 5.41 Å². The second-order valence-electron chi connectivity index (χ2n) is 5.75. The van der Waals surface area contributed by atoms with Crippen LogP contribution < -0.4 is 10.6 Å². The molecule has 0 unspecified atom stereocenters. The molecule has 1 aromatic carbocycles. The lowest BCUT2D eigenvalue weighted by Crippen LogP contribution is -2.46. The zero-order valence-electron chi connectivity index (χ0n) is 13.1. The van der Waals surface area contributed by atoms with Crippen LogP contribution in [0.25, 0.3) is 0 Å². The highest BCUT2D eigenvalue weighted by Crippen LogP contribution is 2.31. The molecule has 1 fully saturated rings. The molecule has 23 heavy (non-hydrogen) atoms. The molecule has 2 rings (SSSR count). The Morgan fingerprint density at radius 2 is 1.91 bits per heavy atom. The Labute approximate surface area is 135 Å². The number of hydrogen-bond acceptors (Lipinski definition) is 4. The lowest BCUT2D eigenvalue weighted by atomic mass is 9.84. The molecular formula is C16H22N2O5. The van der Waals surface area contributed by atoms with Crippen LogP contribution in [0, 0.1) is 5.41 Å². The molecule has 7 nitrogen and oxygen atoms in total.